The molecule has 2 aromatic heterocycles. The van der Waals surface area contributed by atoms with Crippen molar-refractivity contribution < 1.29 is 9.47 Å². The van der Waals surface area contributed by atoms with Gasteiger partial charge in [0.05, 0.1) is 11.0 Å². The van der Waals surface area contributed by atoms with Crippen LogP contribution in [-0.2, 0) is 0 Å². The first-order valence-corrected chi connectivity index (χ1v) is 10.3. The van der Waals surface area contributed by atoms with Gasteiger partial charge in [0.2, 0.25) is 6.79 Å². The maximum Gasteiger partial charge on any atom is 0.231 e. The molecule has 0 fully saturated rings. The van der Waals surface area contributed by atoms with E-state index >= 15 is 0 Å². The SMILES string of the molecule is N#Cc1c(-c2ccccc2)cc(/C=C/c2ccc3c(c2)OCO3)n2c1nc1ccccc12. The minimum absolute atomic E-state index is 0.250. The first kappa shape index (κ1) is 18.2. The number of ether oxygens (including phenoxy) is 2. The molecule has 5 nitrogen and oxygen atoms in total. The number of rotatable bonds is 3. The smallest absolute Gasteiger partial charge is 0.231 e. The third kappa shape index (κ3) is 2.90. The van der Waals surface area contributed by atoms with Crippen LogP contribution < -0.4 is 9.47 Å². The standard InChI is InChI=1S/C27H17N3O2/c28-16-22-21(19-6-2-1-3-7-19)15-20(30-24-9-5-4-8-23(24)29-27(22)30)12-10-18-11-13-25-26(14-18)32-17-31-25/h1-15H,17H2/b12-10+. The van der Waals surface area contributed by atoms with Gasteiger partial charge < -0.3 is 9.47 Å². The fraction of sp³-hybridized carbons (Fsp3) is 0.0370. The van der Waals surface area contributed by atoms with Crippen molar-refractivity contribution in [2.75, 3.05) is 6.79 Å². The lowest BCUT2D eigenvalue weighted by atomic mass is 10.00. The van der Waals surface area contributed by atoms with E-state index < -0.39 is 0 Å². The molecule has 0 atom stereocenters. The fourth-order valence-corrected chi connectivity index (χ4v) is 4.14. The van der Waals surface area contributed by atoms with Crippen LogP contribution in [0.15, 0.2) is 78.9 Å². The van der Waals surface area contributed by atoms with Crippen molar-refractivity contribution in [2.45, 2.75) is 0 Å². The number of fused-ring (bicyclic) bond motifs is 4. The summed E-state index contributed by atoms with van der Waals surface area (Å²) < 4.78 is 13.0. The Bertz CT molecular complexity index is 1560. The molecule has 32 heavy (non-hydrogen) atoms. The number of hydrogen-bond acceptors (Lipinski definition) is 4. The van der Waals surface area contributed by atoms with Gasteiger partial charge in [-0.15, -0.1) is 0 Å². The van der Waals surface area contributed by atoms with Crippen LogP contribution in [0.1, 0.15) is 16.8 Å². The molecule has 152 valence electrons. The van der Waals surface area contributed by atoms with Gasteiger partial charge in [-0.3, -0.25) is 4.40 Å². The third-order valence-corrected chi connectivity index (χ3v) is 5.64. The summed E-state index contributed by atoms with van der Waals surface area (Å²) in [6.45, 7) is 0.250. The number of nitrogens with zero attached hydrogens (tertiary/aromatic N) is 3. The highest BCUT2D eigenvalue weighted by molar-refractivity contribution is 5.89. The minimum atomic E-state index is 0.250. The summed E-state index contributed by atoms with van der Waals surface area (Å²) in [6.07, 6.45) is 4.08. The van der Waals surface area contributed by atoms with E-state index in [0.717, 1.165) is 44.9 Å². The van der Waals surface area contributed by atoms with Crippen molar-refractivity contribution in [3.8, 4) is 28.7 Å². The Morgan fingerprint density at radius 3 is 2.56 bits per heavy atom. The lowest BCUT2D eigenvalue weighted by Gasteiger charge is -2.10. The molecule has 1 aliphatic heterocycles. The van der Waals surface area contributed by atoms with Crippen molar-refractivity contribution in [1.82, 2.24) is 9.38 Å². The number of para-hydroxylation sites is 2. The predicted molar refractivity (Wildman–Crippen MR) is 124 cm³/mol. The molecular formula is C27H17N3O2. The Hall–Kier alpha value is -4.56. The van der Waals surface area contributed by atoms with Gasteiger partial charge in [-0.1, -0.05) is 54.6 Å². The normalized spacial score (nSPS) is 12.6. The molecule has 0 spiro atoms. The van der Waals surface area contributed by atoms with Crippen molar-refractivity contribution in [3.63, 3.8) is 0 Å². The van der Waals surface area contributed by atoms with Crippen molar-refractivity contribution >= 4 is 28.8 Å². The van der Waals surface area contributed by atoms with E-state index in [1.165, 1.54) is 0 Å². The molecule has 0 bridgehead atoms. The third-order valence-electron chi connectivity index (χ3n) is 5.64. The zero-order valence-electron chi connectivity index (χ0n) is 17.0. The van der Waals surface area contributed by atoms with E-state index in [2.05, 4.69) is 12.1 Å². The molecule has 0 saturated heterocycles. The van der Waals surface area contributed by atoms with Crippen LogP contribution in [-0.4, -0.2) is 16.2 Å². The molecular weight excluding hydrogens is 398 g/mol. The highest BCUT2D eigenvalue weighted by Gasteiger charge is 2.17. The monoisotopic (exact) mass is 415 g/mol. The van der Waals surface area contributed by atoms with Gasteiger partial charge in [-0.2, -0.15) is 5.26 Å². The Kier molecular flexibility index (Phi) is 4.15. The van der Waals surface area contributed by atoms with E-state index in [0.29, 0.717) is 11.2 Å². The Morgan fingerprint density at radius 1 is 0.875 bits per heavy atom. The predicted octanol–water partition coefficient (Wildman–Crippen LogP) is 5.93. The van der Waals surface area contributed by atoms with E-state index in [1.807, 2.05) is 89.3 Å². The summed E-state index contributed by atoms with van der Waals surface area (Å²) in [6, 6.07) is 28.2. The fourth-order valence-electron chi connectivity index (χ4n) is 4.14. The van der Waals surface area contributed by atoms with Crippen molar-refractivity contribution in [1.29, 1.82) is 5.26 Å². The van der Waals surface area contributed by atoms with Gasteiger partial charge in [-0.25, -0.2) is 4.98 Å². The highest BCUT2D eigenvalue weighted by atomic mass is 16.7. The Labute approximate surface area is 184 Å². The summed E-state index contributed by atoms with van der Waals surface area (Å²) in [5.41, 5.74) is 6.81. The van der Waals surface area contributed by atoms with E-state index in [1.54, 1.807) is 0 Å². The van der Waals surface area contributed by atoms with Gasteiger partial charge in [0, 0.05) is 11.3 Å². The Balaban J connectivity index is 1.60. The summed E-state index contributed by atoms with van der Waals surface area (Å²) in [7, 11) is 0. The van der Waals surface area contributed by atoms with Crippen molar-refractivity contribution in [2.24, 2.45) is 0 Å². The highest BCUT2D eigenvalue weighted by Crippen LogP contribution is 2.34. The molecule has 6 rings (SSSR count). The van der Waals surface area contributed by atoms with Crippen LogP contribution in [0.3, 0.4) is 0 Å². The summed E-state index contributed by atoms with van der Waals surface area (Å²) in [5, 5.41) is 10.0. The van der Waals surface area contributed by atoms with Crippen LogP contribution in [0.25, 0.3) is 40.0 Å². The average molecular weight is 415 g/mol. The van der Waals surface area contributed by atoms with Crippen LogP contribution in [0.2, 0.25) is 0 Å². The second-order valence-electron chi connectivity index (χ2n) is 7.54. The molecule has 3 aromatic carbocycles. The summed E-state index contributed by atoms with van der Waals surface area (Å²) >= 11 is 0. The number of pyridine rings is 1. The second-order valence-corrected chi connectivity index (χ2v) is 7.54. The molecule has 0 N–H and O–H groups in total. The van der Waals surface area contributed by atoms with Crippen LogP contribution >= 0.6 is 0 Å². The topological polar surface area (TPSA) is 59.5 Å². The van der Waals surface area contributed by atoms with Crippen LogP contribution in [0.4, 0.5) is 0 Å². The molecule has 0 saturated carbocycles. The van der Waals surface area contributed by atoms with Gasteiger partial charge >= 0.3 is 0 Å². The van der Waals surface area contributed by atoms with Gasteiger partial charge in [0.25, 0.3) is 0 Å². The summed E-state index contributed by atoms with van der Waals surface area (Å²) in [5.74, 6) is 1.50. The van der Waals surface area contributed by atoms with Crippen LogP contribution in [0, 0.1) is 11.3 Å². The lowest BCUT2D eigenvalue weighted by molar-refractivity contribution is 0.174. The maximum atomic E-state index is 10.0. The molecule has 3 heterocycles. The average Bonchev–Trinajstić information content (AvgIpc) is 3.47. The Morgan fingerprint density at radius 2 is 1.69 bits per heavy atom. The molecule has 0 amide bonds. The van der Waals surface area contributed by atoms with Crippen molar-refractivity contribution in [3.05, 3.63) is 95.7 Å². The number of imidazole rings is 1. The maximum absolute atomic E-state index is 10.0. The second kappa shape index (κ2) is 7.29. The molecule has 5 heteroatoms. The van der Waals surface area contributed by atoms with E-state index in [4.69, 9.17) is 14.5 Å². The number of hydrogen-bond donors (Lipinski definition) is 0. The van der Waals surface area contributed by atoms with Gasteiger partial charge in [0.1, 0.15) is 11.6 Å². The number of aromatic nitrogens is 2. The molecule has 5 aromatic rings. The quantitative estimate of drug-likeness (QED) is 0.367. The first-order valence-electron chi connectivity index (χ1n) is 10.3. The largest absolute Gasteiger partial charge is 0.454 e. The minimum Gasteiger partial charge on any atom is -0.454 e. The molecule has 1 aliphatic rings. The first-order chi connectivity index (χ1) is 15.8. The van der Waals surface area contributed by atoms with Gasteiger partial charge in [0.15, 0.2) is 17.1 Å². The van der Waals surface area contributed by atoms with E-state index in [9.17, 15) is 5.26 Å². The zero-order chi connectivity index (χ0) is 21.5. The van der Waals surface area contributed by atoms with Crippen LogP contribution in [0.5, 0.6) is 11.5 Å². The van der Waals surface area contributed by atoms with E-state index in [-0.39, 0.29) is 6.79 Å². The molecule has 0 aliphatic carbocycles. The number of benzene rings is 3. The number of nitriles is 1. The summed E-state index contributed by atoms with van der Waals surface area (Å²) in [4.78, 5) is 4.81. The molecule has 0 unspecified atom stereocenters. The lowest BCUT2D eigenvalue weighted by Crippen LogP contribution is -1.98. The van der Waals surface area contributed by atoms with Gasteiger partial charge in [-0.05, 0) is 47.5 Å². The zero-order valence-corrected chi connectivity index (χ0v) is 17.0. The molecule has 0 radical (unpaired) electrons.